The molecule has 0 N–H and O–H groups in total. The Bertz CT molecular complexity index is 825. The van der Waals surface area contributed by atoms with Crippen LogP contribution in [0.2, 0.25) is 0 Å². The molecule has 0 saturated carbocycles. The van der Waals surface area contributed by atoms with E-state index in [4.69, 9.17) is 0 Å². The fourth-order valence-corrected chi connectivity index (χ4v) is 3.57. The van der Waals surface area contributed by atoms with Crippen LogP contribution in [-0.2, 0) is 9.84 Å². The molecule has 0 aliphatic carbocycles. The second-order valence-corrected chi connectivity index (χ2v) is 7.91. The molecule has 0 bridgehead atoms. The first-order chi connectivity index (χ1) is 10.3. The largest absolute Gasteiger partial charge is 0.269 e. The number of nitro benzene ring substituents is 1. The number of sulfone groups is 1. The lowest BCUT2D eigenvalue weighted by molar-refractivity contribution is -0.384. The minimum absolute atomic E-state index is 0.00212. The van der Waals surface area contributed by atoms with Crippen LogP contribution in [-0.4, -0.2) is 13.3 Å². The fraction of sp³-hybridized carbons (Fsp3) is 0.0667. The summed E-state index contributed by atoms with van der Waals surface area (Å²) >= 11 is 3.08. The Morgan fingerprint density at radius 1 is 1.09 bits per heavy atom. The maximum absolute atomic E-state index is 12.4. The SMILES string of the molecule is Cc1ccc(S(=O)(=O)/C(Br)=C/c2ccc([N+](=O)[O-])cc2)cc1. The lowest BCUT2D eigenvalue weighted by atomic mass is 10.2. The molecule has 2 aromatic carbocycles. The normalized spacial score (nSPS) is 12.2. The van der Waals surface area contributed by atoms with Gasteiger partial charge >= 0.3 is 0 Å². The van der Waals surface area contributed by atoms with E-state index in [2.05, 4.69) is 15.9 Å². The lowest BCUT2D eigenvalue weighted by Crippen LogP contribution is -2.00. The van der Waals surface area contributed by atoms with E-state index >= 15 is 0 Å². The van der Waals surface area contributed by atoms with Crippen LogP contribution in [0.3, 0.4) is 0 Å². The smallest absolute Gasteiger partial charge is 0.258 e. The number of rotatable bonds is 4. The molecule has 7 heteroatoms. The Morgan fingerprint density at radius 2 is 1.64 bits per heavy atom. The highest BCUT2D eigenvalue weighted by Crippen LogP contribution is 2.26. The van der Waals surface area contributed by atoms with Crippen LogP contribution in [0, 0.1) is 17.0 Å². The molecule has 114 valence electrons. The van der Waals surface area contributed by atoms with E-state index in [1.54, 1.807) is 12.1 Å². The predicted molar refractivity (Wildman–Crippen MR) is 88.4 cm³/mol. The Labute approximate surface area is 136 Å². The first kappa shape index (κ1) is 16.4. The summed E-state index contributed by atoms with van der Waals surface area (Å²) in [5.41, 5.74) is 1.47. The first-order valence-electron chi connectivity index (χ1n) is 6.24. The van der Waals surface area contributed by atoms with Gasteiger partial charge in [0.1, 0.15) is 3.81 Å². The molecule has 2 aromatic rings. The minimum Gasteiger partial charge on any atom is -0.258 e. The molecule has 0 unspecified atom stereocenters. The highest BCUT2D eigenvalue weighted by atomic mass is 79.9. The van der Waals surface area contributed by atoms with Crippen LogP contribution in [0.5, 0.6) is 0 Å². The zero-order valence-electron chi connectivity index (χ0n) is 11.6. The van der Waals surface area contributed by atoms with Gasteiger partial charge in [-0.2, -0.15) is 0 Å². The van der Waals surface area contributed by atoms with Gasteiger partial charge in [0, 0.05) is 12.1 Å². The maximum atomic E-state index is 12.4. The van der Waals surface area contributed by atoms with Gasteiger partial charge in [0.15, 0.2) is 0 Å². The van der Waals surface area contributed by atoms with Crippen molar-refractivity contribution in [2.75, 3.05) is 0 Å². The molecule has 0 radical (unpaired) electrons. The maximum Gasteiger partial charge on any atom is 0.269 e. The quantitative estimate of drug-likeness (QED) is 0.590. The summed E-state index contributed by atoms with van der Waals surface area (Å²) in [4.78, 5) is 10.3. The predicted octanol–water partition coefficient (Wildman–Crippen LogP) is 4.07. The molecule has 0 amide bonds. The van der Waals surface area contributed by atoms with E-state index in [0.717, 1.165) is 5.56 Å². The van der Waals surface area contributed by atoms with Gasteiger partial charge in [0.25, 0.3) is 5.69 Å². The van der Waals surface area contributed by atoms with Gasteiger partial charge in [-0.3, -0.25) is 10.1 Å². The summed E-state index contributed by atoms with van der Waals surface area (Å²) in [6.45, 7) is 1.87. The van der Waals surface area contributed by atoms with E-state index in [1.807, 2.05) is 6.92 Å². The Hall–Kier alpha value is -1.99. The average Bonchev–Trinajstić information content (AvgIpc) is 2.48. The Morgan fingerprint density at radius 3 is 2.14 bits per heavy atom. The van der Waals surface area contributed by atoms with Crippen LogP contribution < -0.4 is 0 Å². The van der Waals surface area contributed by atoms with E-state index in [0.29, 0.717) is 5.56 Å². The molecule has 22 heavy (non-hydrogen) atoms. The van der Waals surface area contributed by atoms with E-state index < -0.39 is 14.8 Å². The highest BCUT2D eigenvalue weighted by Gasteiger charge is 2.18. The number of nitro groups is 1. The van der Waals surface area contributed by atoms with Crippen LogP contribution >= 0.6 is 15.9 Å². The van der Waals surface area contributed by atoms with Gasteiger partial charge in [0.2, 0.25) is 9.84 Å². The molecule has 0 aliphatic heterocycles. The molecule has 0 atom stereocenters. The number of nitrogens with zero attached hydrogens (tertiary/aromatic N) is 1. The van der Waals surface area contributed by atoms with Gasteiger partial charge in [-0.05, 0) is 58.8 Å². The van der Waals surface area contributed by atoms with Gasteiger partial charge in [0.05, 0.1) is 9.82 Å². The van der Waals surface area contributed by atoms with Crippen molar-refractivity contribution >= 4 is 37.5 Å². The molecular formula is C15H12BrNO4S. The van der Waals surface area contributed by atoms with Crippen LogP contribution in [0.25, 0.3) is 6.08 Å². The zero-order chi connectivity index (χ0) is 16.3. The van der Waals surface area contributed by atoms with Crippen molar-refractivity contribution in [3.63, 3.8) is 0 Å². The van der Waals surface area contributed by atoms with Crippen molar-refractivity contribution in [1.29, 1.82) is 0 Å². The van der Waals surface area contributed by atoms with E-state index in [1.165, 1.54) is 42.5 Å². The van der Waals surface area contributed by atoms with Crippen LogP contribution in [0.15, 0.2) is 57.2 Å². The highest BCUT2D eigenvalue weighted by molar-refractivity contribution is 9.13. The number of aryl methyl sites for hydroxylation is 1. The Balaban J connectivity index is 2.34. The fourth-order valence-electron chi connectivity index (χ4n) is 1.73. The third kappa shape index (κ3) is 3.61. The molecule has 5 nitrogen and oxygen atoms in total. The number of hydrogen-bond acceptors (Lipinski definition) is 4. The summed E-state index contributed by atoms with van der Waals surface area (Å²) in [6, 6.07) is 12.1. The van der Waals surface area contributed by atoms with Gasteiger partial charge in [-0.15, -0.1) is 0 Å². The molecule has 0 spiro atoms. The van der Waals surface area contributed by atoms with Gasteiger partial charge in [-0.1, -0.05) is 17.7 Å². The molecule has 0 heterocycles. The molecule has 0 aromatic heterocycles. The minimum atomic E-state index is -3.64. The molecular weight excluding hydrogens is 370 g/mol. The Kier molecular flexibility index (Phi) is 4.77. The number of hydrogen-bond donors (Lipinski definition) is 0. The molecule has 0 aliphatic rings. The van der Waals surface area contributed by atoms with Crippen LogP contribution in [0.4, 0.5) is 5.69 Å². The van der Waals surface area contributed by atoms with Crippen LogP contribution in [0.1, 0.15) is 11.1 Å². The third-order valence-corrected chi connectivity index (χ3v) is 6.00. The summed E-state index contributed by atoms with van der Waals surface area (Å²) < 4.78 is 24.8. The van der Waals surface area contributed by atoms with Crippen molar-refractivity contribution in [2.24, 2.45) is 0 Å². The number of non-ortho nitro benzene ring substituents is 1. The lowest BCUT2D eigenvalue weighted by Gasteiger charge is -2.04. The van der Waals surface area contributed by atoms with Crippen molar-refractivity contribution in [2.45, 2.75) is 11.8 Å². The van der Waals surface area contributed by atoms with E-state index in [-0.39, 0.29) is 14.4 Å². The number of benzene rings is 2. The molecule has 0 fully saturated rings. The average molecular weight is 382 g/mol. The second-order valence-electron chi connectivity index (χ2n) is 4.61. The topological polar surface area (TPSA) is 77.3 Å². The summed E-state index contributed by atoms with van der Waals surface area (Å²) in [5, 5.41) is 10.6. The second kappa shape index (κ2) is 6.41. The number of halogens is 1. The van der Waals surface area contributed by atoms with Crippen molar-refractivity contribution in [3.8, 4) is 0 Å². The summed E-state index contributed by atoms with van der Waals surface area (Å²) in [7, 11) is -3.64. The van der Waals surface area contributed by atoms with Crippen molar-refractivity contribution in [1.82, 2.24) is 0 Å². The van der Waals surface area contributed by atoms with Gasteiger partial charge in [-0.25, -0.2) is 8.42 Å². The third-order valence-electron chi connectivity index (χ3n) is 2.97. The van der Waals surface area contributed by atoms with Crippen molar-refractivity contribution in [3.05, 3.63) is 73.6 Å². The zero-order valence-corrected chi connectivity index (χ0v) is 14.0. The summed E-state index contributed by atoms with van der Waals surface area (Å²) in [6.07, 6.45) is 1.42. The van der Waals surface area contributed by atoms with Crippen molar-refractivity contribution < 1.29 is 13.3 Å². The van der Waals surface area contributed by atoms with E-state index in [9.17, 15) is 18.5 Å². The molecule has 0 saturated heterocycles. The molecule has 2 rings (SSSR count). The van der Waals surface area contributed by atoms with Gasteiger partial charge < -0.3 is 0 Å². The standard InChI is InChI=1S/C15H12BrNO4S/c1-11-2-8-14(9-3-11)22(20,21)15(16)10-12-4-6-13(7-5-12)17(18)19/h2-10H,1H3/b15-10+. The first-order valence-corrected chi connectivity index (χ1v) is 8.52. The summed E-state index contributed by atoms with van der Waals surface area (Å²) in [5.74, 6) is 0. The monoisotopic (exact) mass is 381 g/mol.